The molecule has 0 aromatic heterocycles. The molecule has 160 valence electrons. The van der Waals surface area contributed by atoms with Gasteiger partial charge < -0.3 is 4.90 Å². The molecule has 0 aliphatic heterocycles. The third kappa shape index (κ3) is 7.14. The number of nitrogens with zero attached hydrogens (tertiary/aromatic N) is 1. The third-order valence-corrected chi connectivity index (χ3v) is 5.60. The number of halogens is 3. The summed E-state index contributed by atoms with van der Waals surface area (Å²) in [5, 5.41) is 0. The standard InChI is InChI=1S/C23H36F3NO/c1-5-9-11-17(7-3)15-27(16-18(8-4)12-10-6-2)23(28)19-13-14-20(24)22(26)21(19)25/h13-14,17-18H,5-12,15-16H2,1-4H3. The number of unbranched alkanes of at least 4 members (excludes halogenated alkanes) is 2. The summed E-state index contributed by atoms with van der Waals surface area (Å²) in [5.74, 6) is -4.15. The monoisotopic (exact) mass is 399 g/mol. The smallest absolute Gasteiger partial charge is 0.256 e. The lowest BCUT2D eigenvalue weighted by Gasteiger charge is -2.31. The van der Waals surface area contributed by atoms with Crippen LogP contribution in [0.5, 0.6) is 0 Å². The highest BCUT2D eigenvalue weighted by Crippen LogP contribution is 2.23. The minimum Gasteiger partial charge on any atom is -0.338 e. The van der Waals surface area contributed by atoms with Gasteiger partial charge in [-0.15, -0.1) is 0 Å². The Morgan fingerprint density at radius 2 is 1.36 bits per heavy atom. The van der Waals surface area contributed by atoms with Crippen molar-refractivity contribution in [1.29, 1.82) is 0 Å². The normalized spacial score (nSPS) is 13.4. The van der Waals surface area contributed by atoms with Gasteiger partial charge in [-0.3, -0.25) is 4.79 Å². The van der Waals surface area contributed by atoms with Crippen molar-refractivity contribution in [2.45, 2.75) is 79.1 Å². The first-order valence-electron chi connectivity index (χ1n) is 10.8. The first-order valence-corrected chi connectivity index (χ1v) is 10.8. The molecule has 0 saturated heterocycles. The minimum atomic E-state index is -1.58. The molecular weight excluding hydrogens is 363 g/mol. The highest BCUT2D eigenvalue weighted by atomic mass is 19.2. The van der Waals surface area contributed by atoms with Crippen molar-refractivity contribution in [3.63, 3.8) is 0 Å². The van der Waals surface area contributed by atoms with E-state index in [2.05, 4.69) is 27.7 Å². The predicted molar refractivity (Wildman–Crippen MR) is 109 cm³/mol. The fourth-order valence-corrected chi connectivity index (χ4v) is 3.56. The Bertz CT molecular complexity index is 588. The van der Waals surface area contributed by atoms with E-state index in [1.54, 1.807) is 4.90 Å². The molecule has 0 bridgehead atoms. The minimum absolute atomic E-state index is 0.320. The second kappa shape index (κ2) is 12.8. The van der Waals surface area contributed by atoms with Gasteiger partial charge in [0.1, 0.15) is 0 Å². The van der Waals surface area contributed by atoms with Crippen molar-refractivity contribution in [1.82, 2.24) is 4.90 Å². The fourth-order valence-electron chi connectivity index (χ4n) is 3.56. The Balaban J connectivity index is 3.10. The van der Waals surface area contributed by atoms with E-state index in [0.29, 0.717) is 24.9 Å². The van der Waals surface area contributed by atoms with Crippen LogP contribution in [0, 0.1) is 29.3 Å². The van der Waals surface area contributed by atoms with Crippen LogP contribution in [0.15, 0.2) is 12.1 Å². The molecule has 0 fully saturated rings. The average Bonchev–Trinajstić information content (AvgIpc) is 2.70. The quantitative estimate of drug-likeness (QED) is 0.328. The lowest BCUT2D eigenvalue weighted by atomic mass is 9.95. The molecule has 0 N–H and O–H groups in total. The van der Waals surface area contributed by atoms with Gasteiger partial charge in [0.05, 0.1) is 5.56 Å². The predicted octanol–water partition coefficient (Wildman–Crippen LogP) is 6.98. The van der Waals surface area contributed by atoms with Gasteiger partial charge in [-0.25, -0.2) is 13.2 Å². The maximum absolute atomic E-state index is 14.3. The van der Waals surface area contributed by atoms with Crippen LogP contribution in [0.25, 0.3) is 0 Å². The van der Waals surface area contributed by atoms with E-state index in [4.69, 9.17) is 0 Å². The average molecular weight is 400 g/mol. The van der Waals surface area contributed by atoms with Crippen molar-refractivity contribution in [2.75, 3.05) is 13.1 Å². The molecule has 1 aromatic carbocycles. The molecule has 2 unspecified atom stereocenters. The van der Waals surface area contributed by atoms with Crippen LogP contribution in [0.2, 0.25) is 0 Å². The molecule has 0 spiro atoms. The molecule has 5 heteroatoms. The maximum atomic E-state index is 14.3. The van der Waals surface area contributed by atoms with Gasteiger partial charge in [0, 0.05) is 13.1 Å². The zero-order valence-corrected chi connectivity index (χ0v) is 17.9. The summed E-state index contributed by atoms with van der Waals surface area (Å²) in [6.45, 7) is 9.49. The molecule has 0 heterocycles. The van der Waals surface area contributed by atoms with Crippen LogP contribution in [-0.2, 0) is 0 Å². The van der Waals surface area contributed by atoms with E-state index >= 15 is 0 Å². The lowest BCUT2D eigenvalue weighted by Crippen LogP contribution is -2.39. The topological polar surface area (TPSA) is 20.3 Å². The molecule has 0 aliphatic carbocycles. The highest BCUT2D eigenvalue weighted by molar-refractivity contribution is 5.94. The van der Waals surface area contributed by atoms with Crippen LogP contribution in [0.3, 0.4) is 0 Å². The van der Waals surface area contributed by atoms with Gasteiger partial charge in [-0.05, 0) is 36.8 Å². The van der Waals surface area contributed by atoms with Crippen LogP contribution in [0.1, 0.15) is 89.4 Å². The summed E-state index contributed by atoms with van der Waals surface area (Å²) in [7, 11) is 0. The van der Waals surface area contributed by atoms with Crippen LogP contribution >= 0.6 is 0 Å². The first-order chi connectivity index (χ1) is 13.4. The molecule has 2 atom stereocenters. The van der Waals surface area contributed by atoms with Crippen LogP contribution in [0.4, 0.5) is 13.2 Å². The lowest BCUT2D eigenvalue weighted by molar-refractivity contribution is 0.0678. The van der Waals surface area contributed by atoms with E-state index in [1.165, 1.54) is 0 Å². The Morgan fingerprint density at radius 3 is 1.79 bits per heavy atom. The molecular formula is C23H36F3NO. The molecule has 0 aliphatic rings. The number of hydrogen-bond donors (Lipinski definition) is 0. The Kier molecular flexibility index (Phi) is 11.2. The molecule has 0 radical (unpaired) electrons. The summed E-state index contributed by atoms with van der Waals surface area (Å²) in [6, 6.07) is 1.88. The van der Waals surface area contributed by atoms with E-state index in [-0.39, 0.29) is 5.56 Å². The molecule has 2 nitrogen and oxygen atoms in total. The molecule has 1 aromatic rings. The van der Waals surface area contributed by atoms with E-state index in [0.717, 1.165) is 63.5 Å². The Morgan fingerprint density at radius 1 is 0.857 bits per heavy atom. The van der Waals surface area contributed by atoms with E-state index in [9.17, 15) is 18.0 Å². The molecule has 1 rings (SSSR count). The van der Waals surface area contributed by atoms with Gasteiger partial charge in [0.25, 0.3) is 5.91 Å². The third-order valence-electron chi connectivity index (χ3n) is 5.60. The number of carbonyl (C=O) groups is 1. The zero-order valence-electron chi connectivity index (χ0n) is 17.9. The highest BCUT2D eigenvalue weighted by Gasteiger charge is 2.26. The van der Waals surface area contributed by atoms with Crippen LogP contribution in [-0.4, -0.2) is 23.9 Å². The number of amides is 1. The number of hydrogen-bond acceptors (Lipinski definition) is 1. The summed E-state index contributed by atoms with van der Waals surface area (Å²) < 4.78 is 41.2. The van der Waals surface area contributed by atoms with Gasteiger partial charge >= 0.3 is 0 Å². The van der Waals surface area contributed by atoms with Gasteiger partial charge in [0.2, 0.25) is 0 Å². The molecule has 28 heavy (non-hydrogen) atoms. The van der Waals surface area contributed by atoms with Gasteiger partial charge in [-0.1, -0.05) is 66.2 Å². The van der Waals surface area contributed by atoms with E-state index in [1.807, 2.05) is 0 Å². The zero-order chi connectivity index (χ0) is 21.1. The Labute approximate surface area is 168 Å². The summed E-state index contributed by atoms with van der Waals surface area (Å²) in [5.41, 5.74) is -0.380. The van der Waals surface area contributed by atoms with Crippen LogP contribution < -0.4 is 0 Å². The number of rotatable bonds is 13. The maximum Gasteiger partial charge on any atom is 0.256 e. The van der Waals surface area contributed by atoms with Gasteiger partial charge in [-0.2, -0.15) is 0 Å². The van der Waals surface area contributed by atoms with Crippen molar-refractivity contribution < 1.29 is 18.0 Å². The summed E-state index contributed by atoms with van der Waals surface area (Å²) in [4.78, 5) is 14.7. The SMILES string of the molecule is CCCCC(CC)CN(CC(CC)CCCC)C(=O)c1ccc(F)c(F)c1F. The van der Waals surface area contributed by atoms with Crippen molar-refractivity contribution >= 4 is 5.91 Å². The molecule has 1 amide bonds. The Hall–Kier alpha value is -1.52. The second-order valence-electron chi connectivity index (χ2n) is 7.77. The fraction of sp³-hybridized carbons (Fsp3) is 0.696. The van der Waals surface area contributed by atoms with Gasteiger partial charge in [0.15, 0.2) is 17.5 Å². The summed E-state index contributed by atoms with van der Waals surface area (Å²) >= 11 is 0. The van der Waals surface area contributed by atoms with Crippen molar-refractivity contribution in [3.05, 3.63) is 35.1 Å². The largest absolute Gasteiger partial charge is 0.338 e. The van der Waals surface area contributed by atoms with Crippen molar-refractivity contribution in [2.24, 2.45) is 11.8 Å². The van der Waals surface area contributed by atoms with E-state index < -0.39 is 23.4 Å². The first kappa shape index (κ1) is 24.5. The van der Waals surface area contributed by atoms with Crippen molar-refractivity contribution in [3.8, 4) is 0 Å². The number of carbonyl (C=O) groups excluding carboxylic acids is 1. The second-order valence-corrected chi connectivity index (χ2v) is 7.77. The molecule has 0 saturated carbocycles. The summed E-state index contributed by atoms with van der Waals surface area (Å²) in [6.07, 6.45) is 8.17. The number of benzene rings is 1.